The molecule has 0 unspecified atom stereocenters. The van der Waals surface area contributed by atoms with E-state index in [2.05, 4.69) is 87.8 Å². The van der Waals surface area contributed by atoms with Crippen LogP contribution in [0.3, 0.4) is 0 Å². The molecule has 0 radical (unpaired) electrons. The molecule has 3 rings (SSSR count). The lowest BCUT2D eigenvalue weighted by atomic mass is 9.79. The van der Waals surface area contributed by atoms with Gasteiger partial charge in [-0.05, 0) is 95.9 Å². The molecular formula is C37H58N2O2. The zero-order valence-electron chi connectivity index (χ0n) is 27.3. The zero-order valence-corrected chi connectivity index (χ0v) is 27.3. The highest BCUT2D eigenvalue weighted by Gasteiger charge is 2.21. The van der Waals surface area contributed by atoms with Gasteiger partial charge in [-0.15, -0.1) is 0 Å². The van der Waals surface area contributed by atoms with Gasteiger partial charge in [0.25, 0.3) is 0 Å². The number of aryl methyl sites for hydroxylation is 1. The molecule has 41 heavy (non-hydrogen) atoms. The Morgan fingerprint density at radius 2 is 1.85 bits per heavy atom. The summed E-state index contributed by atoms with van der Waals surface area (Å²) in [5.74, 6) is 3.59. The lowest BCUT2D eigenvalue weighted by Gasteiger charge is -2.31. The number of hydrogen-bond acceptors (Lipinski definition) is 4. The first-order chi connectivity index (χ1) is 19.6. The van der Waals surface area contributed by atoms with E-state index in [1.165, 1.54) is 60.8 Å². The molecule has 0 spiro atoms. The Kier molecular flexibility index (Phi) is 13.1. The predicted octanol–water partition coefficient (Wildman–Crippen LogP) is 8.95. The first-order valence-electron chi connectivity index (χ1n) is 16.1. The minimum Gasteiger partial charge on any atom is -0.496 e. The molecule has 0 aromatic heterocycles. The standard InChI is InChI=1S/C37H58N2O2/c1-28(2)27-37(5,6)19-18-34-26-33(16-17-35(34)40-8)29(3)14-15-32(25-31-12-10-9-11-13-31)30(4)24-36(38-7)39-20-22-41-23-21-39/h14-17,24,26,28,31,38H,4,9-13,18-23,25,27H2,1-3,5-8H3/b29-14+,32-15-,36-24+. The SMILES string of the molecule is C=C(/C=C(\NC)N1CCOCC1)/C(=C\C=C(/C)c1ccc(OC)c(CCC(C)(C)CC(C)C)c1)CC1CCCCC1. The van der Waals surface area contributed by atoms with Gasteiger partial charge in [-0.1, -0.05) is 84.6 Å². The molecule has 1 heterocycles. The molecule has 1 saturated heterocycles. The molecule has 2 fully saturated rings. The van der Waals surface area contributed by atoms with Crippen molar-refractivity contribution in [3.8, 4) is 5.75 Å². The molecule has 0 bridgehead atoms. The fourth-order valence-corrected chi connectivity index (χ4v) is 6.61. The Balaban J connectivity index is 1.85. The number of nitrogens with zero attached hydrogens (tertiary/aromatic N) is 1. The van der Waals surface area contributed by atoms with E-state index in [1.807, 2.05) is 7.05 Å². The van der Waals surface area contributed by atoms with Crippen molar-refractivity contribution in [2.45, 2.75) is 92.4 Å². The van der Waals surface area contributed by atoms with Gasteiger partial charge in [0.1, 0.15) is 11.6 Å². The normalized spacial score (nSPS) is 18.1. The van der Waals surface area contributed by atoms with Gasteiger partial charge in [0.15, 0.2) is 0 Å². The number of rotatable bonds is 14. The molecule has 1 saturated carbocycles. The first-order valence-corrected chi connectivity index (χ1v) is 16.1. The van der Waals surface area contributed by atoms with Gasteiger partial charge in [-0.25, -0.2) is 0 Å². The van der Waals surface area contributed by atoms with Crippen LogP contribution in [0.4, 0.5) is 0 Å². The fourth-order valence-electron chi connectivity index (χ4n) is 6.61. The Morgan fingerprint density at radius 3 is 2.49 bits per heavy atom. The van der Waals surface area contributed by atoms with E-state index in [1.54, 1.807) is 7.11 Å². The maximum Gasteiger partial charge on any atom is 0.122 e. The molecule has 1 aromatic rings. The lowest BCUT2D eigenvalue weighted by Crippen LogP contribution is -2.39. The van der Waals surface area contributed by atoms with Crippen LogP contribution in [0.5, 0.6) is 5.75 Å². The van der Waals surface area contributed by atoms with Crippen molar-refractivity contribution in [3.63, 3.8) is 0 Å². The number of methoxy groups -OCH3 is 1. The molecule has 4 nitrogen and oxygen atoms in total. The van der Waals surface area contributed by atoms with Crippen LogP contribution in [0.1, 0.15) is 97.1 Å². The Bertz CT molecular complexity index is 1070. The van der Waals surface area contributed by atoms with Gasteiger partial charge in [-0.3, -0.25) is 0 Å². The van der Waals surface area contributed by atoms with Crippen molar-refractivity contribution < 1.29 is 9.47 Å². The molecule has 1 aliphatic carbocycles. The van der Waals surface area contributed by atoms with Gasteiger partial charge in [-0.2, -0.15) is 0 Å². The highest BCUT2D eigenvalue weighted by Crippen LogP contribution is 2.34. The average Bonchev–Trinajstić information content (AvgIpc) is 2.96. The quantitative estimate of drug-likeness (QED) is 0.230. The van der Waals surface area contributed by atoms with Crippen LogP contribution in [-0.2, 0) is 11.2 Å². The Morgan fingerprint density at radius 1 is 1.15 bits per heavy atom. The molecule has 2 aliphatic rings. The topological polar surface area (TPSA) is 33.7 Å². The van der Waals surface area contributed by atoms with Crippen LogP contribution < -0.4 is 10.1 Å². The highest BCUT2D eigenvalue weighted by molar-refractivity contribution is 5.67. The van der Waals surface area contributed by atoms with E-state index < -0.39 is 0 Å². The van der Waals surface area contributed by atoms with Gasteiger partial charge in [0.2, 0.25) is 0 Å². The number of benzene rings is 1. The van der Waals surface area contributed by atoms with Gasteiger partial charge in [0, 0.05) is 20.1 Å². The molecule has 1 N–H and O–H groups in total. The van der Waals surface area contributed by atoms with E-state index in [0.717, 1.165) is 68.6 Å². The highest BCUT2D eigenvalue weighted by atomic mass is 16.5. The Hall–Kier alpha value is -2.46. The number of ether oxygens (including phenoxy) is 2. The summed E-state index contributed by atoms with van der Waals surface area (Å²) in [4.78, 5) is 2.37. The smallest absolute Gasteiger partial charge is 0.122 e. The summed E-state index contributed by atoms with van der Waals surface area (Å²) in [6.45, 7) is 19.6. The number of nitrogens with one attached hydrogen (secondary N) is 1. The number of hydrogen-bond donors (Lipinski definition) is 1. The van der Waals surface area contributed by atoms with Gasteiger partial charge < -0.3 is 19.7 Å². The van der Waals surface area contributed by atoms with Crippen molar-refractivity contribution in [1.29, 1.82) is 0 Å². The summed E-state index contributed by atoms with van der Waals surface area (Å²) in [6, 6.07) is 6.69. The lowest BCUT2D eigenvalue weighted by molar-refractivity contribution is 0.0509. The third-order valence-electron chi connectivity index (χ3n) is 8.87. The molecule has 4 heteroatoms. The van der Waals surface area contributed by atoms with Crippen LogP contribution >= 0.6 is 0 Å². The van der Waals surface area contributed by atoms with E-state index >= 15 is 0 Å². The first kappa shape index (κ1) is 33.0. The van der Waals surface area contributed by atoms with E-state index in [-0.39, 0.29) is 0 Å². The maximum atomic E-state index is 5.77. The van der Waals surface area contributed by atoms with Gasteiger partial charge >= 0.3 is 0 Å². The minimum absolute atomic E-state index is 0.318. The van der Waals surface area contributed by atoms with Gasteiger partial charge in [0.05, 0.1) is 20.3 Å². The maximum absolute atomic E-state index is 5.77. The molecular weight excluding hydrogens is 504 g/mol. The van der Waals surface area contributed by atoms with Crippen molar-refractivity contribution >= 4 is 5.57 Å². The summed E-state index contributed by atoms with van der Waals surface area (Å²) in [5, 5.41) is 3.42. The molecule has 1 aromatic carbocycles. The zero-order chi connectivity index (χ0) is 29.8. The second-order valence-corrected chi connectivity index (χ2v) is 13.4. The monoisotopic (exact) mass is 562 g/mol. The van der Waals surface area contributed by atoms with Crippen molar-refractivity contribution in [3.05, 3.63) is 71.1 Å². The average molecular weight is 563 g/mol. The second kappa shape index (κ2) is 16.2. The van der Waals surface area contributed by atoms with Crippen molar-refractivity contribution in [2.75, 3.05) is 40.5 Å². The predicted molar refractivity (Wildman–Crippen MR) is 176 cm³/mol. The number of allylic oxidation sites excluding steroid dienone is 6. The second-order valence-electron chi connectivity index (χ2n) is 13.4. The van der Waals surface area contributed by atoms with E-state index in [9.17, 15) is 0 Å². The summed E-state index contributed by atoms with van der Waals surface area (Å²) in [6.07, 6.45) is 18.1. The summed E-state index contributed by atoms with van der Waals surface area (Å²) in [7, 11) is 3.80. The fraction of sp³-hybridized carbons (Fsp3) is 0.622. The van der Waals surface area contributed by atoms with Crippen LogP contribution in [0.25, 0.3) is 5.57 Å². The third-order valence-corrected chi connectivity index (χ3v) is 8.87. The number of morpholine rings is 1. The Labute approximate surface area is 252 Å². The molecule has 228 valence electrons. The summed E-state index contributed by atoms with van der Waals surface area (Å²) >= 11 is 0. The van der Waals surface area contributed by atoms with Crippen molar-refractivity contribution in [1.82, 2.24) is 10.2 Å². The van der Waals surface area contributed by atoms with Crippen molar-refractivity contribution in [2.24, 2.45) is 17.3 Å². The van der Waals surface area contributed by atoms with Crippen LogP contribution in [0.15, 0.2) is 60.0 Å². The molecule has 0 amide bonds. The van der Waals surface area contributed by atoms with Crippen LogP contribution in [0, 0.1) is 17.3 Å². The summed E-state index contributed by atoms with van der Waals surface area (Å²) in [5.41, 5.74) is 6.62. The van der Waals surface area contributed by atoms with E-state index in [4.69, 9.17) is 9.47 Å². The van der Waals surface area contributed by atoms with E-state index in [0.29, 0.717) is 11.3 Å². The summed E-state index contributed by atoms with van der Waals surface area (Å²) < 4.78 is 11.3. The minimum atomic E-state index is 0.318. The van der Waals surface area contributed by atoms with Crippen LogP contribution in [0.2, 0.25) is 0 Å². The molecule has 1 aliphatic heterocycles. The van der Waals surface area contributed by atoms with Crippen LogP contribution in [-0.4, -0.2) is 45.4 Å². The largest absolute Gasteiger partial charge is 0.496 e. The third kappa shape index (κ3) is 10.7. The molecule has 0 atom stereocenters.